The lowest BCUT2D eigenvalue weighted by Gasteiger charge is -2.36. The average molecular weight is 933 g/mol. The number of carbonyl (C=O) groups is 1. The van der Waals surface area contributed by atoms with Crippen molar-refractivity contribution in [2.45, 2.75) is 58.8 Å². The Hall–Kier alpha value is -8.42. The van der Waals surface area contributed by atoms with E-state index in [0.29, 0.717) is 63.5 Å². The fourth-order valence-electron chi connectivity index (χ4n) is 9.63. The molecule has 0 saturated carbocycles. The van der Waals surface area contributed by atoms with Gasteiger partial charge in [0.05, 0.1) is 40.1 Å². The maximum Gasteiger partial charge on any atom is 0.443 e. The average Bonchev–Trinajstić information content (AvgIpc) is 3.76. The number of carbonyl (C=O) groups excluding carboxylic acids is 1. The monoisotopic (exact) mass is 932 g/mol. The summed E-state index contributed by atoms with van der Waals surface area (Å²) in [5, 5.41) is 2.73. The number of hydroxylamine groups is 1. The van der Waals surface area contributed by atoms with E-state index in [9.17, 15) is 4.79 Å². The lowest BCUT2D eigenvalue weighted by Crippen LogP contribution is -2.41. The Morgan fingerprint density at radius 1 is 0.563 bits per heavy atom. The molecule has 350 valence electrons. The van der Waals surface area contributed by atoms with Crippen LogP contribution in [0.5, 0.6) is 11.5 Å². The van der Waals surface area contributed by atoms with Crippen molar-refractivity contribution < 1.29 is 19.9 Å². The van der Waals surface area contributed by atoms with Gasteiger partial charge in [-0.15, -0.1) is 0 Å². The second kappa shape index (κ2) is 18.2. The van der Waals surface area contributed by atoms with Gasteiger partial charge in [-0.05, 0) is 128 Å². The quantitative estimate of drug-likeness (QED) is 0.137. The standard InChI is InChI=1S/C64H56N4O3/c1-63(2,3)47-33-35-65-61(40-47)68-57-28-14-13-25-55(57)56-32-31-51(42-60(56)68)70-50-24-17-23-49(41-50)67-59-30-16-15-29-58(59)66(71-62(67)69)36-34-54-52(44-21-11-8-12-22-44)26-18-27-53(54)46-37-45(43-19-9-7-10-20-43)38-48(39-46)64(4,5)6/h7-33,35,37-42H,34,36H2,1-6H3/i13D,14D,25D,28D. The summed E-state index contributed by atoms with van der Waals surface area (Å²) >= 11 is 0. The first-order valence-electron chi connectivity index (χ1n) is 26.1. The fraction of sp³-hybridized carbons (Fsp3) is 0.156. The zero-order chi connectivity index (χ0) is 52.3. The summed E-state index contributed by atoms with van der Waals surface area (Å²) in [6, 6.07) is 57.8. The minimum absolute atomic E-state index is 0.0998. The Morgan fingerprint density at radius 3 is 1.99 bits per heavy atom. The molecule has 8 aromatic carbocycles. The molecule has 0 bridgehead atoms. The summed E-state index contributed by atoms with van der Waals surface area (Å²) in [6.45, 7) is 13.5. The maximum atomic E-state index is 14.5. The molecule has 10 aromatic rings. The smallest absolute Gasteiger partial charge is 0.443 e. The van der Waals surface area contributed by atoms with Gasteiger partial charge in [-0.3, -0.25) is 4.57 Å². The number of nitrogens with zero attached hydrogens (tertiary/aromatic N) is 4. The van der Waals surface area contributed by atoms with Crippen LogP contribution in [-0.2, 0) is 22.1 Å². The number of benzene rings is 8. The predicted octanol–water partition coefficient (Wildman–Crippen LogP) is 16.8. The molecule has 0 fully saturated rings. The molecule has 1 aliphatic heterocycles. The molecule has 0 atom stereocenters. The number of hydrogen-bond donors (Lipinski definition) is 0. The number of aromatic nitrogens is 2. The van der Waals surface area contributed by atoms with E-state index in [-0.39, 0.29) is 35.0 Å². The Labute approximate surface area is 421 Å². The van der Waals surface area contributed by atoms with E-state index in [4.69, 9.17) is 20.0 Å². The summed E-state index contributed by atoms with van der Waals surface area (Å²) in [6.07, 6.45) is 1.72. The molecule has 1 aliphatic rings. The van der Waals surface area contributed by atoms with Gasteiger partial charge >= 0.3 is 6.09 Å². The Morgan fingerprint density at radius 2 is 1.23 bits per heavy atom. The van der Waals surface area contributed by atoms with Gasteiger partial charge in [0.1, 0.15) is 17.3 Å². The van der Waals surface area contributed by atoms with E-state index in [2.05, 4.69) is 126 Å². The van der Waals surface area contributed by atoms with Crippen LogP contribution in [0.15, 0.2) is 206 Å². The fourth-order valence-corrected chi connectivity index (χ4v) is 9.63. The van der Waals surface area contributed by atoms with Crippen LogP contribution >= 0.6 is 0 Å². The van der Waals surface area contributed by atoms with Crippen LogP contribution in [0.4, 0.5) is 21.9 Å². The van der Waals surface area contributed by atoms with Crippen LogP contribution in [-0.4, -0.2) is 22.2 Å². The second-order valence-corrected chi connectivity index (χ2v) is 20.1. The molecule has 0 N–H and O–H groups in total. The van der Waals surface area contributed by atoms with Crippen molar-refractivity contribution >= 4 is 45.0 Å². The molecule has 0 aliphatic carbocycles. The third-order valence-electron chi connectivity index (χ3n) is 13.3. The Bertz CT molecular complexity index is 3840. The molecule has 3 heterocycles. The molecule has 11 rings (SSSR count). The maximum absolute atomic E-state index is 14.5. The van der Waals surface area contributed by atoms with E-state index in [1.807, 2.05) is 78.9 Å². The molecule has 7 heteroatoms. The molecule has 0 unspecified atom stereocenters. The van der Waals surface area contributed by atoms with Crippen molar-refractivity contribution in [3.63, 3.8) is 0 Å². The number of pyridine rings is 1. The highest BCUT2D eigenvalue weighted by molar-refractivity contribution is 6.09. The molecule has 71 heavy (non-hydrogen) atoms. The van der Waals surface area contributed by atoms with Gasteiger partial charge < -0.3 is 9.57 Å². The Balaban J connectivity index is 0.931. The molecule has 0 saturated heterocycles. The molecule has 1 amide bonds. The normalized spacial score (nSPS) is 13.6. The van der Waals surface area contributed by atoms with Gasteiger partial charge in [-0.1, -0.05) is 169 Å². The van der Waals surface area contributed by atoms with Crippen molar-refractivity contribution in [2.24, 2.45) is 0 Å². The van der Waals surface area contributed by atoms with Crippen LogP contribution in [0.2, 0.25) is 0 Å². The number of rotatable bonds is 10. The summed E-state index contributed by atoms with van der Waals surface area (Å²) in [5.74, 6) is 1.43. The van der Waals surface area contributed by atoms with Gasteiger partial charge in [-0.25, -0.2) is 19.7 Å². The first-order valence-corrected chi connectivity index (χ1v) is 24.1. The number of amides is 1. The van der Waals surface area contributed by atoms with E-state index in [1.165, 1.54) is 5.56 Å². The number of hydrogen-bond acceptors (Lipinski definition) is 5. The van der Waals surface area contributed by atoms with E-state index in [0.717, 1.165) is 50.2 Å². The summed E-state index contributed by atoms with van der Waals surface area (Å²) in [7, 11) is 0. The molecule has 0 radical (unpaired) electrons. The number of fused-ring (bicyclic) bond motifs is 4. The lowest BCUT2D eigenvalue weighted by molar-refractivity contribution is 0.138. The highest BCUT2D eigenvalue weighted by Crippen LogP contribution is 2.43. The van der Waals surface area contributed by atoms with E-state index >= 15 is 0 Å². The third kappa shape index (κ3) is 8.80. The minimum atomic E-state index is -0.566. The Kier molecular flexibility index (Phi) is 10.3. The predicted molar refractivity (Wildman–Crippen MR) is 291 cm³/mol. The van der Waals surface area contributed by atoms with Gasteiger partial charge in [-0.2, -0.15) is 0 Å². The van der Waals surface area contributed by atoms with Gasteiger partial charge in [0.15, 0.2) is 0 Å². The van der Waals surface area contributed by atoms with Gasteiger partial charge in [0, 0.05) is 29.1 Å². The van der Waals surface area contributed by atoms with Gasteiger partial charge in [0.2, 0.25) is 0 Å². The van der Waals surface area contributed by atoms with Crippen LogP contribution in [0, 0.1) is 0 Å². The van der Waals surface area contributed by atoms with Crippen LogP contribution in [0.25, 0.3) is 61.0 Å². The van der Waals surface area contributed by atoms with Crippen LogP contribution in [0.3, 0.4) is 0 Å². The van der Waals surface area contributed by atoms with Crippen molar-refractivity contribution in [3.8, 4) is 50.7 Å². The van der Waals surface area contributed by atoms with Crippen molar-refractivity contribution in [1.29, 1.82) is 0 Å². The number of para-hydroxylation sites is 3. The molecule has 2 aromatic heterocycles. The van der Waals surface area contributed by atoms with Crippen molar-refractivity contribution in [3.05, 3.63) is 223 Å². The SMILES string of the molecule is [2H]c1c([2H])c([2H])c2c(c1[2H])c1ccc(Oc3cccc(N4C(=O)ON(CCc5c(-c6ccccc6)cccc5-c5cc(-c6ccccc6)cc(C(C)(C)C)c5)c5ccccc54)c3)cc1n2-c1cc(C(C)(C)C)ccn1. The van der Waals surface area contributed by atoms with Gasteiger partial charge in [0.25, 0.3) is 0 Å². The minimum Gasteiger partial charge on any atom is -0.457 e. The number of anilines is 3. The first-order chi connectivity index (χ1) is 36.0. The zero-order valence-corrected chi connectivity index (χ0v) is 40.7. The van der Waals surface area contributed by atoms with Crippen LogP contribution in [0.1, 0.15) is 63.7 Å². The molecular weight excluding hydrogens is 873 g/mol. The van der Waals surface area contributed by atoms with E-state index < -0.39 is 6.09 Å². The molecule has 0 spiro atoms. The number of ether oxygens (including phenoxy) is 1. The van der Waals surface area contributed by atoms with Crippen LogP contribution < -0.4 is 14.7 Å². The zero-order valence-electron chi connectivity index (χ0n) is 44.7. The first kappa shape index (κ1) is 40.5. The van der Waals surface area contributed by atoms with E-state index in [1.54, 1.807) is 32.9 Å². The van der Waals surface area contributed by atoms with Crippen molar-refractivity contribution in [2.75, 3.05) is 16.5 Å². The summed E-state index contributed by atoms with van der Waals surface area (Å²) < 4.78 is 43.5. The van der Waals surface area contributed by atoms with Crippen molar-refractivity contribution in [1.82, 2.24) is 9.55 Å². The molecule has 7 nitrogen and oxygen atoms in total. The highest BCUT2D eigenvalue weighted by Gasteiger charge is 2.33. The molecular formula is C64H56N4O3. The summed E-state index contributed by atoms with van der Waals surface area (Å²) in [5.41, 5.74) is 12.7. The highest BCUT2D eigenvalue weighted by atomic mass is 16.7. The largest absolute Gasteiger partial charge is 0.457 e. The lowest BCUT2D eigenvalue weighted by atomic mass is 9.82. The summed E-state index contributed by atoms with van der Waals surface area (Å²) in [4.78, 5) is 27.1. The second-order valence-electron chi connectivity index (χ2n) is 20.1. The topological polar surface area (TPSA) is 59.8 Å². The third-order valence-corrected chi connectivity index (χ3v) is 13.3.